The summed E-state index contributed by atoms with van der Waals surface area (Å²) in [5, 5.41) is 11.8. The van der Waals surface area contributed by atoms with E-state index in [9.17, 15) is 5.11 Å². The van der Waals surface area contributed by atoms with Crippen LogP contribution in [0.4, 0.5) is 0 Å². The van der Waals surface area contributed by atoms with E-state index in [1.807, 2.05) is 48.5 Å². The van der Waals surface area contributed by atoms with Gasteiger partial charge in [0.2, 0.25) is 0 Å². The van der Waals surface area contributed by atoms with Gasteiger partial charge in [0.1, 0.15) is 11.4 Å². The number of ether oxygens (including phenoxy) is 1. The molecule has 1 fully saturated rings. The first-order chi connectivity index (χ1) is 12.7. The first kappa shape index (κ1) is 16.9. The lowest BCUT2D eigenvalue weighted by Crippen LogP contribution is -2.55. The summed E-state index contributed by atoms with van der Waals surface area (Å²) in [6.45, 7) is 2.15. The minimum Gasteiger partial charge on any atom is -0.497 e. The second-order valence-corrected chi connectivity index (χ2v) is 7.17. The van der Waals surface area contributed by atoms with Crippen molar-refractivity contribution in [1.82, 2.24) is 0 Å². The molecule has 1 N–H and O–H groups in total. The molecular formula is C24H24O2. The fourth-order valence-electron chi connectivity index (χ4n) is 4.58. The van der Waals surface area contributed by atoms with Gasteiger partial charge in [0.25, 0.3) is 0 Å². The van der Waals surface area contributed by atoms with Gasteiger partial charge in [-0.15, -0.1) is 0 Å². The molecule has 2 heteroatoms. The fourth-order valence-corrected chi connectivity index (χ4v) is 4.58. The molecule has 0 amide bonds. The van der Waals surface area contributed by atoms with Crippen LogP contribution in [0.5, 0.6) is 5.75 Å². The van der Waals surface area contributed by atoms with Crippen LogP contribution in [-0.4, -0.2) is 12.2 Å². The Hall–Kier alpha value is -2.58. The molecule has 0 aromatic heterocycles. The molecule has 0 aliphatic heterocycles. The standard InChI is InChI=1S/C24H24O2/c1-17-22(18-13-15-21(26-2)16-14-18)23(19-9-5-3-6-10-19)24(17,25)20-11-7-4-8-12-20/h3-17,22-23,25H,1-2H3/t17-,22+,23+,24+/m0/s1. The van der Waals surface area contributed by atoms with Crippen molar-refractivity contribution in [3.05, 3.63) is 102 Å². The van der Waals surface area contributed by atoms with Gasteiger partial charge < -0.3 is 9.84 Å². The minimum absolute atomic E-state index is 0.0227. The number of aliphatic hydroxyl groups is 1. The monoisotopic (exact) mass is 344 g/mol. The molecule has 0 saturated heterocycles. The average molecular weight is 344 g/mol. The van der Waals surface area contributed by atoms with Crippen molar-refractivity contribution in [3.8, 4) is 5.75 Å². The van der Waals surface area contributed by atoms with Crippen molar-refractivity contribution in [2.24, 2.45) is 5.92 Å². The van der Waals surface area contributed by atoms with Crippen molar-refractivity contribution >= 4 is 0 Å². The summed E-state index contributed by atoms with van der Waals surface area (Å²) in [5.41, 5.74) is 2.55. The van der Waals surface area contributed by atoms with Gasteiger partial charge in [-0.2, -0.15) is 0 Å². The molecule has 132 valence electrons. The van der Waals surface area contributed by atoms with E-state index in [4.69, 9.17) is 4.74 Å². The molecule has 3 aromatic rings. The van der Waals surface area contributed by atoms with E-state index in [0.717, 1.165) is 11.3 Å². The Morgan fingerprint density at radius 3 is 1.92 bits per heavy atom. The summed E-state index contributed by atoms with van der Waals surface area (Å²) in [6.07, 6.45) is 0. The Balaban J connectivity index is 1.79. The summed E-state index contributed by atoms with van der Waals surface area (Å²) < 4.78 is 5.30. The maximum Gasteiger partial charge on any atom is 0.118 e. The van der Waals surface area contributed by atoms with Crippen LogP contribution in [0.3, 0.4) is 0 Å². The van der Waals surface area contributed by atoms with Crippen LogP contribution >= 0.6 is 0 Å². The largest absolute Gasteiger partial charge is 0.497 e. The normalized spacial score (nSPS) is 27.6. The molecule has 0 radical (unpaired) electrons. The molecule has 4 rings (SSSR count). The van der Waals surface area contributed by atoms with Gasteiger partial charge >= 0.3 is 0 Å². The third-order valence-corrected chi connectivity index (χ3v) is 5.96. The third kappa shape index (κ3) is 2.53. The molecule has 0 unspecified atom stereocenters. The van der Waals surface area contributed by atoms with Crippen molar-refractivity contribution in [3.63, 3.8) is 0 Å². The zero-order chi connectivity index (χ0) is 18.1. The topological polar surface area (TPSA) is 29.5 Å². The van der Waals surface area contributed by atoms with Gasteiger partial charge in [-0.1, -0.05) is 79.7 Å². The quantitative estimate of drug-likeness (QED) is 0.713. The maximum atomic E-state index is 11.8. The molecule has 0 spiro atoms. The van der Waals surface area contributed by atoms with Crippen molar-refractivity contribution in [2.45, 2.75) is 24.4 Å². The first-order valence-electron chi connectivity index (χ1n) is 9.13. The molecule has 0 heterocycles. The molecule has 1 aliphatic carbocycles. The third-order valence-electron chi connectivity index (χ3n) is 5.96. The van der Waals surface area contributed by atoms with E-state index in [1.54, 1.807) is 7.11 Å². The number of hydrogen-bond donors (Lipinski definition) is 1. The highest BCUT2D eigenvalue weighted by molar-refractivity contribution is 5.45. The predicted octanol–water partition coefficient (Wildman–Crippen LogP) is 5.10. The Morgan fingerprint density at radius 1 is 0.769 bits per heavy atom. The highest BCUT2D eigenvalue weighted by atomic mass is 16.5. The Morgan fingerprint density at radius 2 is 1.35 bits per heavy atom. The average Bonchev–Trinajstić information content (AvgIpc) is 2.72. The van der Waals surface area contributed by atoms with E-state index in [-0.39, 0.29) is 17.8 Å². The second kappa shape index (κ2) is 6.62. The summed E-state index contributed by atoms with van der Waals surface area (Å²) in [5.74, 6) is 1.25. The summed E-state index contributed by atoms with van der Waals surface area (Å²) in [4.78, 5) is 0. The highest BCUT2D eigenvalue weighted by Crippen LogP contribution is 2.64. The predicted molar refractivity (Wildman–Crippen MR) is 104 cm³/mol. The summed E-state index contributed by atoms with van der Waals surface area (Å²) in [7, 11) is 1.68. The highest BCUT2D eigenvalue weighted by Gasteiger charge is 2.60. The fraction of sp³-hybridized carbons (Fsp3) is 0.250. The summed E-state index contributed by atoms with van der Waals surface area (Å²) in [6, 6.07) is 28.7. The zero-order valence-electron chi connectivity index (χ0n) is 15.2. The first-order valence-corrected chi connectivity index (χ1v) is 9.13. The van der Waals surface area contributed by atoms with Crippen LogP contribution < -0.4 is 4.74 Å². The van der Waals surface area contributed by atoms with E-state index < -0.39 is 5.60 Å². The van der Waals surface area contributed by atoms with Crippen LogP contribution in [0, 0.1) is 5.92 Å². The lowest BCUT2D eigenvalue weighted by molar-refractivity contribution is -0.136. The van der Waals surface area contributed by atoms with E-state index in [0.29, 0.717) is 0 Å². The van der Waals surface area contributed by atoms with E-state index >= 15 is 0 Å². The number of hydrogen-bond acceptors (Lipinski definition) is 2. The number of methoxy groups -OCH3 is 1. The van der Waals surface area contributed by atoms with E-state index in [2.05, 4.69) is 43.3 Å². The van der Waals surface area contributed by atoms with Crippen molar-refractivity contribution in [1.29, 1.82) is 0 Å². The lowest BCUT2D eigenvalue weighted by Gasteiger charge is -2.58. The molecule has 4 atom stereocenters. The zero-order valence-corrected chi connectivity index (χ0v) is 15.2. The van der Waals surface area contributed by atoms with Gasteiger partial charge in [0.05, 0.1) is 7.11 Å². The SMILES string of the molecule is COc1ccc([C@@H]2[C@@H](c3ccccc3)[C@](O)(c3ccccc3)[C@H]2C)cc1. The number of benzene rings is 3. The van der Waals surface area contributed by atoms with Gasteiger partial charge in [0.15, 0.2) is 0 Å². The van der Waals surface area contributed by atoms with Crippen molar-refractivity contribution in [2.75, 3.05) is 7.11 Å². The van der Waals surface area contributed by atoms with Crippen LogP contribution in [0.1, 0.15) is 35.4 Å². The molecule has 1 saturated carbocycles. The number of rotatable bonds is 4. The lowest BCUT2D eigenvalue weighted by atomic mass is 9.48. The van der Waals surface area contributed by atoms with Gasteiger partial charge in [-0.25, -0.2) is 0 Å². The summed E-state index contributed by atoms with van der Waals surface area (Å²) >= 11 is 0. The van der Waals surface area contributed by atoms with Crippen molar-refractivity contribution < 1.29 is 9.84 Å². The van der Waals surface area contributed by atoms with Crippen LogP contribution in [0.2, 0.25) is 0 Å². The van der Waals surface area contributed by atoms with Gasteiger partial charge in [-0.3, -0.25) is 0 Å². The molecule has 26 heavy (non-hydrogen) atoms. The Labute approximate surface area is 155 Å². The molecular weight excluding hydrogens is 320 g/mol. The minimum atomic E-state index is -0.868. The molecule has 1 aliphatic rings. The molecule has 0 bridgehead atoms. The Bertz CT molecular complexity index is 858. The van der Waals surface area contributed by atoms with Crippen LogP contribution in [-0.2, 0) is 5.60 Å². The van der Waals surface area contributed by atoms with Gasteiger partial charge in [-0.05, 0) is 40.7 Å². The smallest absolute Gasteiger partial charge is 0.118 e. The molecule has 2 nitrogen and oxygen atoms in total. The van der Waals surface area contributed by atoms with Gasteiger partial charge in [0, 0.05) is 5.92 Å². The maximum absolute atomic E-state index is 11.8. The van der Waals surface area contributed by atoms with Crippen LogP contribution in [0.25, 0.3) is 0 Å². The second-order valence-electron chi connectivity index (χ2n) is 7.17. The molecule has 3 aromatic carbocycles. The van der Waals surface area contributed by atoms with E-state index in [1.165, 1.54) is 11.1 Å². The van der Waals surface area contributed by atoms with Crippen LogP contribution in [0.15, 0.2) is 84.9 Å². The Kier molecular flexibility index (Phi) is 4.29.